The number of nitrogens with two attached hydrogens (primary N) is 1. The van der Waals surface area contributed by atoms with Gasteiger partial charge in [0.05, 0.1) is 5.92 Å². The number of rotatable bonds is 1. The predicted molar refractivity (Wildman–Crippen MR) is 41.0 cm³/mol. The van der Waals surface area contributed by atoms with Gasteiger partial charge in [0.15, 0.2) is 0 Å². The van der Waals surface area contributed by atoms with E-state index in [0.29, 0.717) is 5.75 Å². The Balaban J connectivity index is 2.47. The zero-order chi connectivity index (χ0) is 7.56. The summed E-state index contributed by atoms with van der Waals surface area (Å²) in [5.41, 5.74) is 5.59. The molecule has 0 spiro atoms. The molecule has 0 amide bonds. The van der Waals surface area contributed by atoms with Crippen LogP contribution in [0, 0.1) is 5.92 Å². The van der Waals surface area contributed by atoms with Crippen molar-refractivity contribution in [1.29, 1.82) is 0 Å². The minimum absolute atomic E-state index is 0.126. The van der Waals surface area contributed by atoms with Crippen molar-refractivity contribution in [3.05, 3.63) is 0 Å². The quantitative estimate of drug-likeness (QED) is 0.574. The zero-order valence-corrected chi connectivity index (χ0v) is 6.43. The lowest BCUT2D eigenvalue weighted by molar-refractivity contribution is -0.141. The second kappa shape index (κ2) is 3.25. The monoisotopic (exact) mass is 161 g/mol. The molecule has 2 atom stereocenters. The fourth-order valence-corrected chi connectivity index (χ4v) is 2.26. The molecule has 0 unspecified atom stereocenters. The van der Waals surface area contributed by atoms with Gasteiger partial charge < -0.3 is 10.8 Å². The largest absolute Gasteiger partial charge is 0.481 e. The number of thioether (sulfide) groups is 1. The molecule has 0 aromatic rings. The van der Waals surface area contributed by atoms with E-state index in [1.54, 1.807) is 11.8 Å². The number of hydrogen-bond acceptors (Lipinski definition) is 3. The van der Waals surface area contributed by atoms with Crippen LogP contribution in [0.4, 0.5) is 0 Å². The zero-order valence-electron chi connectivity index (χ0n) is 5.62. The van der Waals surface area contributed by atoms with Gasteiger partial charge in [-0.15, -0.1) is 0 Å². The maximum atomic E-state index is 10.5. The van der Waals surface area contributed by atoms with E-state index < -0.39 is 5.97 Å². The summed E-state index contributed by atoms with van der Waals surface area (Å²) in [6.07, 6.45) is 0.835. The molecule has 3 N–H and O–H groups in total. The van der Waals surface area contributed by atoms with E-state index in [1.165, 1.54) is 0 Å². The summed E-state index contributed by atoms with van der Waals surface area (Å²) in [6, 6.07) is -0.126. The van der Waals surface area contributed by atoms with Crippen LogP contribution < -0.4 is 5.73 Å². The predicted octanol–water partition coefficient (Wildman–Crippen LogP) is 0.151. The van der Waals surface area contributed by atoms with Crippen LogP contribution in [-0.4, -0.2) is 28.6 Å². The minimum atomic E-state index is -0.750. The average Bonchev–Trinajstić information content (AvgIpc) is 1.88. The third-order valence-electron chi connectivity index (χ3n) is 1.73. The van der Waals surface area contributed by atoms with Crippen molar-refractivity contribution in [3.63, 3.8) is 0 Å². The molecule has 1 aliphatic heterocycles. The number of aliphatic carboxylic acids is 1. The van der Waals surface area contributed by atoms with Crippen molar-refractivity contribution < 1.29 is 9.90 Å². The lowest BCUT2D eigenvalue weighted by Crippen LogP contribution is -2.40. The van der Waals surface area contributed by atoms with E-state index in [2.05, 4.69) is 0 Å². The Morgan fingerprint density at radius 2 is 2.40 bits per heavy atom. The van der Waals surface area contributed by atoms with E-state index in [-0.39, 0.29) is 12.0 Å². The van der Waals surface area contributed by atoms with E-state index >= 15 is 0 Å². The van der Waals surface area contributed by atoms with Gasteiger partial charge in [-0.2, -0.15) is 11.8 Å². The van der Waals surface area contributed by atoms with E-state index in [0.717, 1.165) is 12.2 Å². The topological polar surface area (TPSA) is 63.3 Å². The van der Waals surface area contributed by atoms with Crippen LogP contribution in [0.3, 0.4) is 0 Å². The first-order valence-corrected chi connectivity index (χ1v) is 4.43. The Bertz CT molecular complexity index is 140. The second-order valence-corrected chi connectivity index (χ2v) is 3.62. The first-order chi connectivity index (χ1) is 4.72. The molecule has 0 aromatic heterocycles. The van der Waals surface area contributed by atoms with Crippen LogP contribution in [0.2, 0.25) is 0 Å². The van der Waals surface area contributed by atoms with Crippen molar-refractivity contribution in [2.24, 2.45) is 11.7 Å². The Morgan fingerprint density at radius 3 is 2.80 bits per heavy atom. The fourth-order valence-electron chi connectivity index (χ4n) is 1.01. The van der Waals surface area contributed by atoms with Gasteiger partial charge in [0, 0.05) is 11.8 Å². The molecule has 1 aliphatic rings. The first-order valence-electron chi connectivity index (χ1n) is 3.28. The van der Waals surface area contributed by atoms with Crippen LogP contribution in [-0.2, 0) is 4.79 Å². The number of carboxylic acid groups (broad SMARTS) is 1. The van der Waals surface area contributed by atoms with Crippen molar-refractivity contribution in [3.8, 4) is 0 Å². The highest BCUT2D eigenvalue weighted by atomic mass is 32.2. The summed E-state index contributed by atoms with van der Waals surface area (Å²) in [7, 11) is 0. The number of carboxylic acids is 1. The maximum absolute atomic E-state index is 10.5. The molecule has 0 aliphatic carbocycles. The molecule has 1 saturated heterocycles. The molecular weight excluding hydrogens is 150 g/mol. The minimum Gasteiger partial charge on any atom is -0.481 e. The summed E-state index contributed by atoms with van der Waals surface area (Å²) < 4.78 is 0. The average molecular weight is 161 g/mol. The van der Waals surface area contributed by atoms with Gasteiger partial charge in [0.25, 0.3) is 0 Å². The molecule has 1 rings (SSSR count). The smallest absolute Gasteiger partial charge is 0.308 e. The summed E-state index contributed by atoms with van der Waals surface area (Å²) in [5.74, 6) is 0.611. The van der Waals surface area contributed by atoms with Gasteiger partial charge in [-0.3, -0.25) is 4.79 Å². The van der Waals surface area contributed by atoms with Crippen molar-refractivity contribution in [1.82, 2.24) is 0 Å². The van der Waals surface area contributed by atoms with E-state index in [4.69, 9.17) is 10.8 Å². The van der Waals surface area contributed by atoms with E-state index in [9.17, 15) is 4.79 Å². The number of hydrogen-bond donors (Lipinski definition) is 2. The molecular formula is C6H11NO2S. The van der Waals surface area contributed by atoms with Crippen molar-refractivity contribution in [2.75, 3.05) is 11.5 Å². The Labute approximate surface area is 64.0 Å². The summed E-state index contributed by atoms with van der Waals surface area (Å²) >= 11 is 1.67. The fraction of sp³-hybridized carbons (Fsp3) is 0.833. The molecule has 1 fully saturated rings. The van der Waals surface area contributed by atoms with Crippen molar-refractivity contribution >= 4 is 17.7 Å². The van der Waals surface area contributed by atoms with Crippen LogP contribution in [0.25, 0.3) is 0 Å². The molecule has 1 heterocycles. The summed E-state index contributed by atoms with van der Waals surface area (Å²) in [6.45, 7) is 0. The van der Waals surface area contributed by atoms with Gasteiger partial charge in [-0.1, -0.05) is 0 Å². The number of carbonyl (C=O) groups is 1. The first kappa shape index (κ1) is 7.88. The molecule has 10 heavy (non-hydrogen) atoms. The Hall–Kier alpha value is -0.220. The summed E-state index contributed by atoms with van der Waals surface area (Å²) in [4.78, 5) is 10.5. The second-order valence-electron chi connectivity index (χ2n) is 2.47. The Morgan fingerprint density at radius 1 is 1.70 bits per heavy atom. The normalized spacial score (nSPS) is 33.7. The van der Waals surface area contributed by atoms with Gasteiger partial charge in [-0.25, -0.2) is 0 Å². The van der Waals surface area contributed by atoms with E-state index in [1.807, 2.05) is 0 Å². The molecule has 4 heteroatoms. The van der Waals surface area contributed by atoms with Gasteiger partial charge in [0.1, 0.15) is 0 Å². The molecule has 58 valence electrons. The van der Waals surface area contributed by atoms with Gasteiger partial charge in [0.2, 0.25) is 0 Å². The van der Waals surface area contributed by atoms with Crippen LogP contribution in [0.5, 0.6) is 0 Å². The molecule has 0 saturated carbocycles. The van der Waals surface area contributed by atoms with Gasteiger partial charge in [-0.05, 0) is 12.2 Å². The third-order valence-corrected chi connectivity index (χ3v) is 2.85. The van der Waals surface area contributed by atoms with Crippen LogP contribution in [0.1, 0.15) is 6.42 Å². The lowest BCUT2D eigenvalue weighted by atomic mass is 10.0. The molecule has 0 bridgehead atoms. The molecule has 0 aromatic carbocycles. The third kappa shape index (κ3) is 1.64. The maximum Gasteiger partial charge on any atom is 0.308 e. The van der Waals surface area contributed by atoms with Crippen molar-refractivity contribution in [2.45, 2.75) is 12.5 Å². The summed E-state index contributed by atoms with van der Waals surface area (Å²) in [5, 5.41) is 8.62. The highest BCUT2D eigenvalue weighted by Gasteiger charge is 2.27. The van der Waals surface area contributed by atoms with Gasteiger partial charge >= 0.3 is 5.97 Å². The SMILES string of the molecule is N[C@H]1CCSC[C@@H]1C(=O)O. The standard InChI is InChI=1S/C6H11NO2S/c7-5-1-2-10-3-4(5)6(8)9/h4-5H,1-3,7H2,(H,8,9)/t4-,5-/m0/s1. The highest BCUT2D eigenvalue weighted by Crippen LogP contribution is 2.21. The van der Waals surface area contributed by atoms with Crippen LogP contribution >= 0.6 is 11.8 Å². The molecule has 3 nitrogen and oxygen atoms in total. The lowest BCUT2D eigenvalue weighted by Gasteiger charge is -2.24. The van der Waals surface area contributed by atoms with Crippen LogP contribution in [0.15, 0.2) is 0 Å². The Kier molecular flexibility index (Phi) is 2.56. The molecule has 0 radical (unpaired) electrons. The highest BCUT2D eigenvalue weighted by molar-refractivity contribution is 7.99.